The van der Waals surface area contributed by atoms with Gasteiger partial charge in [0.1, 0.15) is 0 Å². The zero-order valence-electron chi connectivity index (χ0n) is 26.3. The molecule has 0 fully saturated rings. The van der Waals surface area contributed by atoms with E-state index >= 15 is 0 Å². The molecule has 242 valence electrons. The fourth-order valence-corrected chi connectivity index (χ4v) is 6.01. The second-order valence-electron chi connectivity index (χ2n) is 9.33. The second-order valence-corrected chi connectivity index (χ2v) is 11.9. The fraction of sp³-hybridized carbons (Fsp3) is 0.226. The first kappa shape index (κ1) is 34.9. The summed E-state index contributed by atoms with van der Waals surface area (Å²) in [5.74, 6) is -1.03. The van der Waals surface area contributed by atoms with Crippen molar-refractivity contribution in [3.05, 3.63) is 90.0 Å². The minimum Gasteiger partial charge on any atom is -0.465 e. The van der Waals surface area contributed by atoms with Gasteiger partial charge in [0.15, 0.2) is 0 Å². The predicted octanol–water partition coefficient (Wildman–Crippen LogP) is 7.00. The third-order valence-electron chi connectivity index (χ3n) is 6.47. The average Bonchev–Trinajstić information content (AvgIpc) is 3.79. The number of ether oxygens (including phenoxy) is 3. The van der Waals surface area contributed by atoms with Gasteiger partial charge in [-0.25, -0.2) is 14.4 Å². The normalized spacial score (nSPS) is 11.2. The molecule has 0 amide bonds. The van der Waals surface area contributed by atoms with E-state index in [4.69, 9.17) is 1.37 Å². The number of nitrogens with zero attached hydrogens (tertiary/aromatic N) is 5. The molecule has 0 bridgehead atoms. The molecular weight excluding hydrogens is 797 g/mol. The van der Waals surface area contributed by atoms with Crippen molar-refractivity contribution in [1.29, 1.82) is 0 Å². The van der Waals surface area contributed by atoms with Crippen molar-refractivity contribution in [1.82, 2.24) is 19.6 Å². The number of fused-ring (bicyclic) bond motifs is 3. The van der Waals surface area contributed by atoms with Crippen LogP contribution in [0.25, 0.3) is 21.8 Å². The van der Waals surface area contributed by atoms with Gasteiger partial charge < -0.3 is 14.2 Å². The van der Waals surface area contributed by atoms with E-state index in [-0.39, 0.29) is 17.9 Å². The van der Waals surface area contributed by atoms with Crippen LogP contribution in [0, 0.1) is 0 Å². The van der Waals surface area contributed by atoms with Gasteiger partial charge in [-0.15, -0.1) is 0 Å². The first-order valence-electron chi connectivity index (χ1n) is 13.8. The third-order valence-corrected chi connectivity index (χ3v) is 8.43. The van der Waals surface area contributed by atoms with Gasteiger partial charge >= 0.3 is 17.9 Å². The maximum atomic E-state index is 11.4. The molecule has 2 aromatic heterocycles. The molecular formula is C31H29Br3FN5O6. The first-order valence-corrected chi connectivity index (χ1v) is 15.4. The predicted molar refractivity (Wildman–Crippen MR) is 183 cm³/mol. The Morgan fingerprint density at radius 2 is 1.35 bits per heavy atom. The topological polar surface area (TPSA) is 127 Å². The molecule has 3 heterocycles. The van der Waals surface area contributed by atoms with Gasteiger partial charge in [-0.1, -0.05) is 47.8 Å². The number of hydrogen-bond donors (Lipinski definition) is 0. The lowest BCUT2D eigenvalue weighted by Crippen LogP contribution is -2.02. The number of esters is 3. The second kappa shape index (κ2) is 16.6. The highest BCUT2D eigenvalue weighted by atomic mass is 79.9. The van der Waals surface area contributed by atoms with Crippen LogP contribution in [0.2, 0.25) is 0 Å². The highest BCUT2D eigenvalue weighted by molar-refractivity contribution is 9.11. The molecule has 46 heavy (non-hydrogen) atoms. The molecule has 0 atom stereocenters. The maximum absolute atomic E-state index is 11.4. The number of methoxy groups -OCH3 is 3. The van der Waals surface area contributed by atoms with Crippen LogP contribution in [0.4, 0.5) is 4.39 Å². The van der Waals surface area contributed by atoms with Crippen LogP contribution in [0.5, 0.6) is 0 Å². The minimum absolute atomic E-state index is 0.319. The molecule has 0 spiro atoms. The molecule has 0 unspecified atom stereocenters. The summed E-state index contributed by atoms with van der Waals surface area (Å²) in [6.45, 7) is 0.638. The van der Waals surface area contributed by atoms with Crippen molar-refractivity contribution < 1.29 is 34.4 Å². The van der Waals surface area contributed by atoms with E-state index in [9.17, 15) is 18.8 Å². The largest absolute Gasteiger partial charge is 0.465 e. The zero-order valence-corrected chi connectivity index (χ0v) is 30.1. The van der Waals surface area contributed by atoms with Crippen LogP contribution in [0.15, 0.2) is 67.2 Å². The lowest BCUT2D eigenvalue weighted by Gasteiger charge is -2.04. The molecule has 0 N–H and O–H groups in total. The van der Waals surface area contributed by atoms with Gasteiger partial charge in [0.25, 0.3) is 0 Å². The number of alkyl halides is 1. The van der Waals surface area contributed by atoms with Gasteiger partial charge in [-0.3, -0.25) is 18.7 Å². The monoisotopic (exact) mass is 824 g/mol. The van der Waals surface area contributed by atoms with E-state index in [0.717, 1.165) is 46.4 Å². The van der Waals surface area contributed by atoms with E-state index < -0.39 is 7.15 Å². The van der Waals surface area contributed by atoms with Crippen molar-refractivity contribution in [3.8, 4) is 0 Å². The van der Waals surface area contributed by atoms with Crippen molar-refractivity contribution >= 4 is 93.7 Å². The van der Waals surface area contributed by atoms with Gasteiger partial charge in [0, 0.05) is 56.3 Å². The lowest BCUT2D eigenvalue weighted by atomic mass is 10.1. The molecule has 3 aromatic carbocycles. The highest BCUT2D eigenvalue weighted by Gasteiger charge is 2.15. The van der Waals surface area contributed by atoms with Gasteiger partial charge in [-0.2, -0.15) is 10.2 Å². The van der Waals surface area contributed by atoms with Crippen LogP contribution < -0.4 is 0 Å². The summed E-state index contributed by atoms with van der Waals surface area (Å²) >= 11 is 10.2. The molecule has 0 aliphatic carbocycles. The Hall–Kier alpha value is -3.95. The number of aliphatic imine (C=N–C) groups is 1. The smallest absolute Gasteiger partial charge is 0.337 e. The quantitative estimate of drug-likeness (QED) is 0.141. The Kier molecular flexibility index (Phi) is 12.6. The summed E-state index contributed by atoms with van der Waals surface area (Å²) in [6, 6.07) is 10.5. The van der Waals surface area contributed by atoms with E-state index in [0.29, 0.717) is 23.2 Å². The lowest BCUT2D eigenvalue weighted by molar-refractivity contribution is 0.0591. The van der Waals surface area contributed by atoms with Crippen LogP contribution in [-0.2, 0) is 34.9 Å². The SMILES string of the molecule is COC(=O)c1cc(Br)c2c(c1)CN=C2.COC(=O)c1cc(Br)c2cn(C)nc2c1.COC(=O)c1cc(Br)c2cnn(C)c2c1.[2H]CF. The summed E-state index contributed by atoms with van der Waals surface area (Å²) in [6.07, 6.45) is 5.45. The zero-order chi connectivity index (χ0) is 34.8. The fourth-order valence-electron chi connectivity index (χ4n) is 4.30. The molecule has 15 heteroatoms. The number of benzene rings is 3. The van der Waals surface area contributed by atoms with Crippen LogP contribution >= 0.6 is 47.8 Å². The van der Waals surface area contributed by atoms with Crippen molar-refractivity contribution in [2.45, 2.75) is 6.54 Å². The first-order chi connectivity index (χ1) is 22.4. The van der Waals surface area contributed by atoms with Crippen LogP contribution in [0.1, 0.15) is 43.6 Å². The van der Waals surface area contributed by atoms with E-state index in [1.807, 2.05) is 26.4 Å². The molecule has 11 nitrogen and oxygen atoms in total. The van der Waals surface area contributed by atoms with Crippen molar-refractivity contribution in [2.24, 2.45) is 19.1 Å². The number of hydrogen-bond acceptors (Lipinski definition) is 9. The molecule has 1 aliphatic rings. The van der Waals surface area contributed by atoms with E-state index in [1.165, 1.54) is 21.3 Å². The molecule has 1 aliphatic heterocycles. The Morgan fingerprint density at radius 1 is 0.826 bits per heavy atom. The third kappa shape index (κ3) is 8.44. The van der Waals surface area contributed by atoms with Crippen molar-refractivity contribution in [2.75, 3.05) is 28.5 Å². The Morgan fingerprint density at radius 3 is 1.93 bits per heavy atom. The Labute approximate surface area is 290 Å². The number of aromatic nitrogens is 4. The summed E-state index contributed by atoms with van der Waals surface area (Å²) < 4.78 is 35.5. The molecule has 5 aromatic rings. The molecule has 0 radical (unpaired) electrons. The summed E-state index contributed by atoms with van der Waals surface area (Å²) in [5, 5.41) is 10.3. The van der Waals surface area contributed by atoms with Gasteiger partial charge in [-0.05, 0) is 42.0 Å². The maximum Gasteiger partial charge on any atom is 0.337 e. The standard InChI is InChI=1S/2C10H9BrN2O2.C10H8BrNO2.CH3F/c1-13-5-7-8(11)3-6(10(14)15-2)4-9(7)12-13;1-13-9-4-6(10(14)15-2)3-8(11)7(9)5-12-13;1-14-10(13)6-2-7-4-12-5-8(7)9(11)3-6;1-2/h2*3-5H,1-2H3;2-3,5H,4H2,1H3;1H3/i;;;1D. The van der Waals surface area contributed by atoms with Crippen LogP contribution in [0.3, 0.4) is 0 Å². The molecule has 0 saturated heterocycles. The highest BCUT2D eigenvalue weighted by Crippen LogP contribution is 2.27. The summed E-state index contributed by atoms with van der Waals surface area (Å²) in [4.78, 5) is 38.1. The van der Waals surface area contributed by atoms with Gasteiger partial charge in [0.05, 0.1) is 70.3 Å². The van der Waals surface area contributed by atoms with Crippen LogP contribution in [-0.4, -0.2) is 72.2 Å². The Bertz CT molecular complexity index is 1950. The number of aryl methyl sites for hydroxylation is 2. The average molecular weight is 827 g/mol. The van der Waals surface area contributed by atoms with E-state index in [1.54, 1.807) is 52.1 Å². The molecule has 6 rings (SSSR count). The number of rotatable bonds is 3. The summed E-state index contributed by atoms with van der Waals surface area (Å²) in [7, 11) is 6.77. The summed E-state index contributed by atoms with van der Waals surface area (Å²) in [5.41, 5.74) is 5.34. The molecule has 0 saturated carbocycles. The number of halogens is 4. The minimum atomic E-state index is -1.00. The Balaban J connectivity index is 0.000000184. The van der Waals surface area contributed by atoms with Crippen molar-refractivity contribution in [3.63, 3.8) is 0 Å². The van der Waals surface area contributed by atoms with E-state index in [2.05, 4.69) is 77.2 Å². The number of carbonyl (C=O) groups is 3. The van der Waals surface area contributed by atoms with Gasteiger partial charge in [0.2, 0.25) is 0 Å². The number of carbonyl (C=O) groups excluding carboxylic acids is 3.